The molecule has 7 rings (SSSR count). The maximum atomic E-state index is 8.72. The Labute approximate surface area is 201 Å². The number of benzene rings is 6. The van der Waals surface area contributed by atoms with Gasteiger partial charge in [0.25, 0.3) is 0 Å². The summed E-state index contributed by atoms with van der Waals surface area (Å²) in [5.74, 6) is 0. The molecule has 150 valence electrons. The number of para-hydroxylation sites is 1. The van der Waals surface area contributed by atoms with Gasteiger partial charge >= 0.3 is 0 Å². The minimum atomic E-state index is -0.420. The van der Waals surface area contributed by atoms with Crippen LogP contribution in [-0.2, 0) is 0 Å². The molecule has 32 heavy (non-hydrogen) atoms. The van der Waals surface area contributed by atoms with Gasteiger partial charge in [0.2, 0.25) is 0 Å². The van der Waals surface area contributed by atoms with Gasteiger partial charge in [-0.05, 0) is 54.3 Å². The van der Waals surface area contributed by atoms with Gasteiger partial charge in [0, 0.05) is 26.4 Å². The Morgan fingerprint density at radius 1 is 0.625 bits per heavy atom. The van der Waals surface area contributed by atoms with Gasteiger partial charge in [0.05, 0.1) is 8.22 Å². The fourth-order valence-corrected chi connectivity index (χ4v) is 5.42. The first kappa shape index (κ1) is 13.0. The van der Waals surface area contributed by atoms with Crippen molar-refractivity contribution in [1.82, 2.24) is 0 Å². The summed E-state index contributed by atoms with van der Waals surface area (Å²) in [5, 5.41) is 5.42. The van der Waals surface area contributed by atoms with Crippen molar-refractivity contribution in [3.05, 3.63) is 107 Å². The molecule has 0 radical (unpaired) electrons. The topological polar surface area (TPSA) is 13.1 Å². The first-order valence-corrected chi connectivity index (χ1v) is 11.0. The van der Waals surface area contributed by atoms with E-state index in [4.69, 9.17) is 12.6 Å². The van der Waals surface area contributed by atoms with Crippen LogP contribution in [0.1, 0.15) is 8.22 Å². The van der Waals surface area contributed by atoms with Gasteiger partial charge in [0.15, 0.2) is 0 Å². The minimum absolute atomic E-state index is 0.0288. The van der Waals surface area contributed by atoms with E-state index in [1.165, 1.54) is 0 Å². The van der Waals surface area contributed by atoms with Crippen LogP contribution in [0.2, 0.25) is 0 Å². The maximum Gasteiger partial charge on any atom is 0.143 e. The van der Waals surface area contributed by atoms with E-state index in [1.54, 1.807) is 0 Å². The number of hydrogen-bond acceptors (Lipinski definition) is 1. The van der Waals surface area contributed by atoms with Gasteiger partial charge in [-0.1, -0.05) is 96.9 Å². The highest BCUT2D eigenvalue weighted by atomic mass is 79.9. The van der Waals surface area contributed by atoms with Gasteiger partial charge in [-0.2, -0.15) is 0 Å². The zero-order valence-corrected chi connectivity index (χ0v) is 18.2. The summed E-state index contributed by atoms with van der Waals surface area (Å²) in [6.07, 6.45) is 0. The van der Waals surface area contributed by atoms with Crippen molar-refractivity contribution in [2.45, 2.75) is 0 Å². The number of rotatable bonds is 1. The lowest BCUT2D eigenvalue weighted by Gasteiger charge is -2.14. The number of furan rings is 1. The summed E-state index contributed by atoms with van der Waals surface area (Å²) < 4.78 is 58.2. The predicted octanol–water partition coefficient (Wildman–Crippen LogP) is 9.48. The Morgan fingerprint density at radius 3 is 2.03 bits per heavy atom. The monoisotopic (exact) mass is 478 g/mol. The number of halogens is 1. The molecular formula is C30H17BrO. The highest BCUT2D eigenvalue weighted by molar-refractivity contribution is 9.10. The average molecular weight is 479 g/mol. The fourth-order valence-electron chi connectivity index (χ4n) is 4.73. The summed E-state index contributed by atoms with van der Waals surface area (Å²) in [6.45, 7) is 0. The van der Waals surface area contributed by atoms with Crippen molar-refractivity contribution in [2.24, 2.45) is 0 Å². The Balaban J connectivity index is 1.74. The number of fused-ring (bicyclic) bond motifs is 7. The third-order valence-corrected chi connectivity index (χ3v) is 6.94. The molecule has 0 fully saturated rings. The SMILES string of the molecule is [2H]c1c([2H])c([2H])c2c(c1[2H])c([2H])c([2H])c1oc3c(-c4c5ccccc5c(Br)c5ccccc45)cccc3c12. The molecule has 6 aromatic carbocycles. The second kappa shape index (κ2) is 6.69. The molecule has 0 bridgehead atoms. The van der Waals surface area contributed by atoms with Gasteiger partial charge < -0.3 is 4.42 Å². The molecular weight excluding hydrogens is 456 g/mol. The van der Waals surface area contributed by atoms with E-state index in [9.17, 15) is 0 Å². The number of hydrogen-bond donors (Lipinski definition) is 0. The van der Waals surface area contributed by atoms with Crippen molar-refractivity contribution in [2.75, 3.05) is 0 Å². The molecule has 1 nitrogen and oxygen atoms in total. The molecule has 0 unspecified atom stereocenters. The van der Waals surface area contributed by atoms with Crippen LogP contribution in [0.5, 0.6) is 0 Å². The standard InChI is InChI=1S/C30H17BrO/c31-29-22-12-5-3-10-20(22)27(21-11-4-6-13-23(21)29)24-14-7-15-25-28-19-9-2-1-8-18(19)16-17-26(28)32-30(24)25/h1-17H/i1D,2D,8D,9D,16D,17D. The molecule has 0 spiro atoms. The second-order valence-corrected chi connectivity index (χ2v) is 8.56. The summed E-state index contributed by atoms with van der Waals surface area (Å²) in [7, 11) is 0. The van der Waals surface area contributed by atoms with Crippen molar-refractivity contribution in [3.8, 4) is 11.1 Å². The quantitative estimate of drug-likeness (QED) is 0.214. The largest absolute Gasteiger partial charge is 0.455 e. The van der Waals surface area contributed by atoms with E-state index < -0.39 is 6.04 Å². The molecule has 7 aromatic rings. The summed E-state index contributed by atoms with van der Waals surface area (Å²) in [5.41, 5.74) is 2.42. The van der Waals surface area contributed by atoms with E-state index in [-0.39, 0.29) is 46.6 Å². The van der Waals surface area contributed by atoms with Gasteiger partial charge in [0.1, 0.15) is 11.2 Å². The fraction of sp³-hybridized carbons (Fsp3) is 0. The van der Waals surface area contributed by atoms with Crippen LogP contribution in [0.15, 0.2) is 112 Å². The zero-order valence-electron chi connectivity index (χ0n) is 22.6. The predicted molar refractivity (Wildman–Crippen MR) is 139 cm³/mol. The van der Waals surface area contributed by atoms with Crippen LogP contribution in [-0.4, -0.2) is 0 Å². The van der Waals surface area contributed by atoms with Crippen LogP contribution in [0, 0.1) is 0 Å². The van der Waals surface area contributed by atoms with Crippen LogP contribution in [0.25, 0.3) is 65.4 Å². The third kappa shape index (κ3) is 2.39. The van der Waals surface area contributed by atoms with Crippen LogP contribution >= 0.6 is 15.9 Å². The zero-order chi connectivity index (χ0) is 26.5. The van der Waals surface area contributed by atoms with Gasteiger partial charge in [-0.15, -0.1) is 0 Å². The van der Waals surface area contributed by atoms with E-state index in [1.807, 2.05) is 42.5 Å². The molecule has 0 saturated carbocycles. The highest BCUT2D eigenvalue weighted by Crippen LogP contribution is 2.45. The molecule has 1 aromatic heterocycles. The Hall–Kier alpha value is -3.62. The van der Waals surface area contributed by atoms with Crippen LogP contribution in [0.4, 0.5) is 0 Å². The molecule has 0 amide bonds. The van der Waals surface area contributed by atoms with E-state index in [2.05, 4.69) is 40.2 Å². The lowest BCUT2D eigenvalue weighted by atomic mass is 9.91. The van der Waals surface area contributed by atoms with Crippen molar-refractivity contribution in [3.63, 3.8) is 0 Å². The first-order chi connectivity index (χ1) is 18.3. The third-order valence-electron chi connectivity index (χ3n) is 6.09. The molecule has 1 heterocycles. The van der Waals surface area contributed by atoms with E-state index in [0.717, 1.165) is 37.1 Å². The van der Waals surface area contributed by atoms with Crippen LogP contribution < -0.4 is 0 Å². The van der Waals surface area contributed by atoms with E-state index in [0.29, 0.717) is 16.4 Å². The first-order valence-electron chi connectivity index (χ1n) is 13.2. The van der Waals surface area contributed by atoms with Crippen molar-refractivity contribution in [1.29, 1.82) is 0 Å². The van der Waals surface area contributed by atoms with Crippen LogP contribution in [0.3, 0.4) is 0 Å². The van der Waals surface area contributed by atoms with Gasteiger partial charge in [-0.3, -0.25) is 0 Å². The summed E-state index contributed by atoms with van der Waals surface area (Å²) in [6, 6.07) is 20.1. The Kier molecular flexibility index (Phi) is 2.73. The van der Waals surface area contributed by atoms with Crippen molar-refractivity contribution < 1.29 is 12.6 Å². The van der Waals surface area contributed by atoms with Crippen molar-refractivity contribution >= 4 is 70.2 Å². The molecule has 0 aliphatic rings. The lowest BCUT2D eigenvalue weighted by Crippen LogP contribution is -1.88. The summed E-state index contributed by atoms with van der Waals surface area (Å²) in [4.78, 5) is 0. The van der Waals surface area contributed by atoms with Gasteiger partial charge in [-0.25, -0.2) is 0 Å². The minimum Gasteiger partial charge on any atom is -0.455 e. The molecule has 0 atom stereocenters. The lowest BCUT2D eigenvalue weighted by molar-refractivity contribution is 0.670. The Bertz CT molecular complexity index is 2110. The second-order valence-electron chi connectivity index (χ2n) is 7.77. The molecule has 0 aliphatic carbocycles. The molecule has 2 heteroatoms. The maximum absolute atomic E-state index is 8.72. The smallest absolute Gasteiger partial charge is 0.143 e. The normalized spacial score (nSPS) is 14.5. The highest BCUT2D eigenvalue weighted by Gasteiger charge is 2.19. The Morgan fingerprint density at radius 2 is 1.28 bits per heavy atom. The average Bonchev–Trinajstić information content (AvgIpc) is 3.33. The molecule has 0 N–H and O–H groups in total. The molecule has 0 saturated heterocycles. The van der Waals surface area contributed by atoms with E-state index >= 15 is 0 Å². The molecule has 0 aliphatic heterocycles. The summed E-state index contributed by atoms with van der Waals surface area (Å²) >= 11 is 3.80.